The number of carbonyl (C=O) groups is 2. The van der Waals surface area contributed by atoms with Crippen LogP contribution in [0.3, 0.4) is 0 Å². The lowest BCUT2D eigenvalue weighted by Gasteiger charge is -2.28. The zero-order valence-corrected chi connectivity index (χ0v) is 9.93. The Labute approximate surface area is 101 Å². The number of amides is 2. The molecule has 2 aliphatic heterocycles. The van der Waals surface area contributed by atoms with E-state index in [0.29, 0.717) is 11.5 Å². The van der Waals surface area contributed by atoms with Gasteiger partial charge in [0.25, 0.3) is 5.91 Å². The Bertz CT molecular complexity index is 409. The maximum Gasteiger partial charge on any atom is 0.269 e. The zero-order valence-electron chi connectivity index (χ0n) is 8.36. The second-order valence-electron chi connectivity index (χ2n) is 3.18. The van der Waals surface area contributed by atoms with E-state index < -0.39 is 0 Å². The maximum atomic E-state index is 11.3. The molecule has 86 valence electrons. The number of hydrazone groups is 1. The van der Waals surface area contributed by atoms with Crippen molar-refractivity contribution in [3.63, 3.8) is 0 Å². The SMILES string of the molecule is CC1=NN2C(NC(=O)CCl)=CS[C@@H]2NC1=O. The third-order valence-electron chi connectivity index (χ3n) is 2.01. The van der Waals surface area contributed by atoms with Gasteiger partial charge in [0, 0.05) is 5.41 Å². The number of thioether (sulfide) groups is 1. The van der Waals surface area contributed by atoms with Crippen LogP contribution in [0.5, 0.6) is 0 Å². The summed E-state index contributed by atoms with van der Waals surface area (Å²) in [6, 6.07) is 0. The number of nitrogens with zero attached hydrogens (tertiary/aromatic N) is 2. The summed E-state index contributed by atoms with van der Waals surface area (Å²) in [6.45, 7) is 1.61. The molecule has 0 aromatic heterocycles. The highest BCUT2D eigenvalue weighted by Crippen LogP contribution is 2.29. The van der Waals surface area contributed by atoms with Crippen LogP contribution in [0.15, 0.2) is 16.3 Å². The molecule has 0 spiro atoms. The summed E-state index contributed by atoms with van der Waals surface area (Å²) in [5, 5.41) is 12.7. The van der Waals surface area contributed by atoms with Crippen molar-refractivity contribution >= 4 is 40.9 Å². The second kappa shape index (κ2) is 4.34. The molecule has 6 nitrogen and oxygen atoms in total. The largest absolute Gasteiger partial charge is 0.320 e. The first-order valence-corrected chi connectivity index (χ1v) is 5.96. The Morgan fingerprint density at radius 1 is 1.81 bits per heavy atom. The molecule has 2 heterocycles. The van der Waals surface area contributed by atoms with Crippen LogP contribution >= 0.6 is 23.4 Å². The molecule has 2 N–H and O–H groups in total. The minimum atomic E-state index is -0.307. The van der Waals surface area contributed by atoms with E-state index in [0.717, 1.165) is 0 Å². The number of hydrogen-bond donors (Lipinski definition) is 2. The molecule has 0 radical (unpaired) electrons. The molecule has 0 unspecified atom stereocenters. The van der Waals surface area contributed by atoms with Crippen LogP contribution in [0.4, 0.5) is 0 Å². The first-order valence-electron chi connectivity index (χ1n) is 4.48. The minimum absolute atomic E-state index is 0.116. The van der Waals surface area contributed by atoms with Gasteiger partial charge in [0.2, 0.25) is 5.91 Å². The molecule has 16 heavy (non-hydrogen) atoms. The summed E-state index contributed by atoms with van der Waals surface area (Å²) in [5.41, 5.74) is 0.0617. The van der Waals surface area contributed by atoms with E-state index in [4.69, 9.17) is 11.6 Å². The summed E-state index contributed by atoms with van der Waals surface area (Å²) >= 11 is 6.75. The third-order valence-corrected chi connectivity index (χ3v) is 3.18. The van der Waals surface area contributed by atoms with E-state index in [1.807, 2.05) is 0 Å². The van der Waals surface area contributed by atoms with Gasteiger partial charge in [0.1, 0.15) is 17.4 Å². The number of carbonyl (C=O) groups excluding carboxylic acids is 2. The molecule has 0 aromatic rings. The fourth-order valence-corrected chi connectivity index (χ4v) is 2.20. The van der Waals surface area contributed by atoms with Gasteiger partial charge in [-0.2, -0.15) is 5.10 Å². The lowest BCUT2D eigenvalue weighted by Crippen LogP contribution is -2.50. The average molecular weight is 261 g/mol. The van der Waals surface area contributed by atoms with Crippen molar-refractivity contribution in [2.24, 2.45) is 5.10 Å². The molecular weight excluding hydrogens is 252 g/mol. The first-order chi connectivity index (χ1) is 7.61. The lowest BCUT2D eigenvalue weighted by atomic mass is 10.4. The van der Waals surface area contributed by atoms with Crippen molar-refractivity contribution in [1.29, 1.82) is 0 Å². The van der Waals surface area contributed by atoms with Crippen molar-refractivity contribution in [3.8, 4) is 0 Å². The molecule has 8 heteroatoms. The number of rotatable bonds is 2. The number of hydrogen-bond acceptors (Lipinski definition) is 5. The first kappa shape index (κ1) is 11.3. The molecular formula is C8H9ClN4O2S. The maximum absolute atomic E-state index is 11.3. The number of halogens is 1. The number of alkyl halides is 1. The number of fused-ring (bicyclic) bond motifs is 1. The van der Waals surface area contributed by atoms with Gasteiger partial charge in [-0.05, 0) is 6.92 Å². The van der Waals surface area contributed by atoms with Crippen LogP contribution in [0, 0.1) is 0 Å². The van der Waals surface area contributed by atoms with E-state index in [9.17, 15) is 9.59 Å². The molecule has 0 saturated carbocycles. The second-order valence-corrected chi connectivity index (χ2v) is 4.40. The molecule has 1 atom stereocenters. The predicted octanol–water partition coefficient (Wildman–Crippen LogP) is -0.0216. The van der Waals surface area contributed by atoms with Gasteiger partial charge in [0.15, 0.2) is 5.50 Å². The van der Waals surface area contributed by atoms with Gasteiger partial charge < -0.3 is 10.6 Å². The summed E-state index contributed by atoms with van der Waals surface area (Å²) < 4.78 is 0. The quantitative estimate of drug-likeness (QED) is 0.685. The van der Waals surface area contributed by atoms with Crippen molar-refractivity contribution in [2.75, 3.05) is 5.88 Å². The van der Waals surface area contributed by atoms with Gasteiger partial charge in [-0.15, -0.1) is 11.6 Å². The standard InChI is InChI=1S/C8H9ClN4O2S/c1-4-7(15)11-8-13(12-4)5(3-16-8)10-6(14)2-9/h3,8H,2H2,1H3,(H,10,14)(H,11,15)/t8-/m1/s1. The number of nitrogens with one attached hydrogen (secondary N) is 2. The fourth-order valence-electron chi connectivity index (χ4n) is 1.25. The van der Waals surface area contributed by atoms with Crippen molar-refractivity contribution in [1.82, 2.24) is 15.6 Å². The van der Waals surface area contributed by atoms with Gasteiger partial charge in [-0.1, -0.05) is 11.8 Å². The molecule has 2 amide bonds. The summed E-state index contributed by atoms with van der Waals surface area (Å²) in [7, 11) is 0. The highest BCUT2D eigenvalue weighted by Gasteiger charge is 2.33. The van der Waals surface area contributed by atoms with Crippen molar-refractivity contribution < 1.29 is 9.59 Å². The molecule has 2 aliphatic rings. The Hall–Kier alpha value is -1.21. The summed E-state index contributed by atoms with van der Waals surface area (Å²) in [6.07, 6.45) is 0. The van der Waals surface area contributed by atoms with Gasteiger partial charge >= 0.3 is 0 Å². The summed E-state index contributed by atoms with van der Waals surface area (Å²) in [4.78, 5) is 22.4. The van der Waals surface area contributed by atoms with Gasteiger partial charge in [-0.3, -0.25) is 9.59 Å². The smallest absolute Gasteiger partial charge is 0.269 e. The lowest BCUT2D eigenvalue weighted by molar-refractivity contribution is -0.118. The van der Waals surface area contributed by atoms with Crippen LogP contribution < -0.4 is 10.6 Å². The normalized spacial score (nSPS) is 23.2. The zero-order chi connectivity index (χ0) is 11.7. The van der Waals surface area contributed by atoms with Crippen molar-refractivity contribution in [3.05, 3.63) is 11.2 Å². The molecule has 0 fully saturated rings. The molecule has 0 aliphatic carbocycles. The minimum Gasteiger partial charge on any atom is -0.320 e. The Kier molecular flexibility index (Phi) is 3.06. The van der Waals surface area contributed by atoms with E-state index in [2.05, 4.69) is 15.7 Å². The molecule has 2 rings (SSSR count). The Morgan fingerprint density at radius 2 is 2.56 bits per heavy atom. The van der Waals surface area contributed by atoms with Crippen LogP contribution in [0.1, 0.15) is 6.92 Å². The van der Waals surface area contributed by atoms with Gasteiger partial charge in [-0.25, -0.2) is 5.01 Å². The van der Waals surface area contributed by atoms with E-state index in [1.54, 1.807) is 17.3 Å². The summed E-state index contributed by atoms with van der Waals surface area (Å²) in [5.74, 6) is -0.0961. The van der Waals surface area contributed by atoms with E-state index in [-0.39, 0.29) is 23.2 Å². The highest BCUT2D eigenvalue weighted by molar-refractivity contribution is 8.02. The topological polar surface area (TPSA) is 73.8 Å². The molecule has 0 bridgehead atoms. The highest BCUT2D eigenvalue weighted by atomic mass is 35.5. The molecule has 0 saturated heterocycles. The third kappa shape index (κ3) is 2.00. The Balaban J connectivity index is 2.13. The van der Waals surface area contributed by atoms with Crippen molar-refractivity contribution in [2.45, 2.75) is 12.4 Å². The Morgan fingerprint density at radius 3 is 3.25 bits per heavy atom. The van der Waals surface area contributed by atoms with Crippen LogP contribution in [0.25, 0.3) is 0 Å². The predicted molar refractivity (Wildman–Crippen MR) is 61.4 cm³/mol. The van der Waals surface area contributed by atoms with E-state index >= 15 is 0 Å². The van der Waals surface area contributed by atoms with E-state index in [1.165, 1.54) is 11.8 Å². The van der Waals surface area contributed by atoms with Crippen LogP contribution in [-0.2, 0) is 9.59 Å². The fraction of sp³-hybridized carbons (Fsp3) is 0.375. The van der Waals surface area contributed by atoms with Gasteiger partial charge in [0.05, 0.1) is 0 Å². The van der Waals surface area contributed by atoms with Crippen LogP contribution in [-0.4, -0.2) is 33.9 Å². The molecule has 0 aromatic carbocycles. The monoisotopic (exact) mass is 260 g/mol. The average Bonchev–Trinajstić information content (AvgIpc) is 2.62. The van der Waals surface area contributed by atoms with Crippen LogP contribution in [0.2, 0.25) is 0 Å².